The molecule has 5 rings (SSSR count). The van der Waals surface area contributed by atoms with Gasteiger partial charge in [0.1, 0.15) is 0 Å². The van der Waals surface area contributed by atoms with E-state index in [1.54, 1.807) is 11.1 Å². The fourth-order valence-electron chi connectivity index (χ4n) is 4.48. The number of fused-ring (bicyclic) bond motifs is 2. The Labute approximate surface area is 154 Å². The van der Waals surface area contributed by atoms with Crippen LogP contribution >= 0.6 is 0 Å². The average molecular weight is 334 g/mol. The Bertz CT molecular complexity index is 1030. The standard InChI is InChI=1S/C26H22/c1-3-13-21-19(9-1)11-7-17-23(21)25-15-5-6-16-26(25)24-18-8-12-20-10-2-4-14-22(20)24/h1-4,7-14,17-18H,5-6,15-16H2. The molecule has 0 radical (unpaired) electrons. The van der Waals surface area contributed by atoms with E-state index >= 15 is 0 Å². The quantitative estimate of drug-likeness (QED) is 0.356. The third-order valence-corrected chi connectivity index (χ3v) is 5.70. The highest BCUT2D eigenvalue weighted by Gasteiger charge is 2.18. The molecule has 0 heteroatoms. The van der Waals surface area contributed by atoms with E-state index < -0.39 is 0 Å². The second kappa shape index (κ2) is 6.46. The summed E-state index contributed by atoms with van der Waals surface area (Å²) in [5, 5.41) is 5.43. The number of hydrogen-bond donors (Lipinski definition) is 0. The Morgan fingerprint density at radius 2 is 0.846 bits per heavy atom. The van der Waals surface area contributed by atoms with Crippen LogP contribution in [0.4, 0.5) is 0 Å². The third kappa shape index (κ3) is 2.54. The smallest absolute Gasteiger partial charge is 0.0109 e. The van der Waals surface area contributed by atoms with Gasteiger partial charge in [-0.2, -0.15) is 0 Å². The van der Waals surface area contributed by atoms with Crippen molar-refractivity contribution in [1.82, 2.24) is 0 Å². The number of rotatable bonds is 2. The van der Waals surface area contributed by atoms with Crippen molar-refractivity contribution in [2.75, 3.05) is 0 Å². The largest absolute Gasteiger partial charge is 0.0616 e. The molecule has 0 aromatic heterocycles. The Morgan fingerprint density at radius 3 is 1.35 bits per heavy atom. The van der Waals surface area contributed by atoms with E-state index in [9.17, 15) is 0 Å². The summed E-state index contributed by atoms with van der Waals surface area (Å²) in [7, 11) is 0. The average Bonchev–Trinajstić information content (AvgIpc) is 2.73. The van der Waals surface area contributed by atoms with Crippen LogP contribution < -0.4 is 0 Å². The lowest BCUT2D eigenvalue weighted by Gasteiger charge is -2.23. The van der Waals surface area contributed by atoms with Crippen LogP contribution in [-0.4, -0.2) is 0 Å². The molecule has 4 aromatic carbocycles. The second-order valence-electron chi connectivity index (χ2n) is 7.22. The van der Waals surface area contributed by atoms with Crippen LogP contribution in [0.3, 0.4) is 0 Å². The maximum atomic E-state index is 2.31. The van der Waals surface area contributed by atoms with Crippen LogP contribution in [0.25, 0.3) is 32.7 Å². The highest BCUT2D eigenvalue weighted by molar-refractivity contribution is 6.05. The number of benzene rings is 4. The number of allylic oxidation sites excluding steroid dienone is 2. The molecule has 0 fully saturated rings. The first-order chi connectivity index (χ1) is 12.9. The predicted octanol–water partition coefficient (Wildman–Crippen LogP) is 7.48. The molecule has 0 nitrogen and oxygen atoms in total. The van der Waals surface area contributed by atoms with Gasteiger partial charge in [0.2, 0.25) is 0 Å². The molecule has 0 N–H and O–H groups in total. The minimum absolute atomic E-state index is 1.17. The molecule has 4 aromatic rings. The molecular weight excluding hydrogens is 312 g/mol. The minimum atomic E-state index is 1.17. The van der Waals surface area contributed by atoms with Gasteiger partial charge in [-0.05, 0) is 69.5 Å². The molecule has 0 amide bonds. The van der Waals surface area contributed by atoms with Gasteiger partial charge in [0.05, 0.1) is 0 Å². The molecule has 0 saturated carbocycles. The summed E-state index contributed by atoms with van der Waals surface area (Å²) in [6.07, 6.45) is 4.92. The van der Waals surface area contributed by atoms with Crippen molar-refractivity contribution in [2.45, 2.75) is 25.7 Å². The van der Waals surface area contributed by atoms with E-state index in [0.29, 0.717) is 0 Å². The molecular formula is C26H22. The molecule has 0 unspecified atom stereocenters. The Morgan fingerprint density at radius 1 is 0.423 bits per heavy atom. The maximum Gasteiger partial charge on any atom is -0.0109 e. The summed E-state index contributed by atoms with van der Waals surface area (Å²) in [6.45, 7) is 0. The van der Waals surface area contributed by atoms with Crippen LogP contribution in [0.5, 0.6) is 0 Å². The maximum absolute atomic E-state index is 2.31. The van der Waals surface area contributed by atoms with Crippen molar-refractivity contribution in [3.05, 3.63) is 96.1 Å². The van der Waals surface area contributed by atoms with Crippen molar-refractivity contribution in [3.63, 3.8) is 0 Å². The van der Waals surface area contributed by atoms with Gasteiger partial charge in [-0.3, -0.25) is 0 Å². The van der Waals surface area contributed by atoms with E-state index in [4.69, 9.17) is 0 Å². The van der Waals surface area contributed by atoms with E-state index in [2.05, 4.69) is 84.9 Å². The van der Waals surface area contributed by atoms with Gasteiger partial charge in [0.15, 0.2) is 0 Å². The zero-order valence-corrected chi connectivity index (χ0v) is 14.9. The summed E-state index contributed by atoms with van der Waals surface area (Å²) in [5.74, 6) is 0. The number of hydrogen-bond acceptors (Lipinski definition) is 0. The van der Waals surface area contributed by atoms with Crippen LogP contribution in [0.2, 0.25) is 0 Å². The lowest BCUT2D eigenvalue weighted by atomic mass is 9.81. The lowest BCUT2D eigenvalue weighted by Crippen LogP contribution is -2.00. The van der Waals surface area contributed by atoms with E-state index in [-0.39, 0.29) is 0 Å². The van der Waals surface area contributed by atoms with Gasteiger partial charge in [-0.1, -0.05) is 84.9 Å². The van der Waals surface area contributed by atoms with E-state index in [1.807, 2.05) is 0 Å². The van der Waals surface area contributed by atoms with Crippen molar-refractivity contribution >= 4 is 32.7 Å². The third-order valence-electron chi connectivity index (χ3n) is 5.70. The van der Waals surface area contributed by atoms with Gasteiger partial charge in [0.25, 0.3) is 0 Å². The second-order valence-corrected chi connectivity index (χ2v) is 7.22. The van der Waals surface area contributed by atoms with Gasteiger partial charge in [-0.25, -0.2) is 0 Å². The van der Waals surface area contributed by atoms with Crippen molar-refractivity contribution < 1.29 is 0 Å². The minimum Gasteiger partial charge on any atom is -0.0616 e. The van der Waals surface area contributed by atoms with E-state index in [1.165, 1.54) is 58.4 Å². The highest BCUT2D eigenvalue weighted by atomic mass is 14.2. The van der Waals surface area contributed by atoms with Crippen LogP contribution in [0.1, 0.15) is 36.8 Å². The molecule has 0 spiro atoms. The van der Waals surface area contributed by atoms with Crippen LogP contribution in [0, 0.1) is 0 Å². The Kier molecular flexibility index (Phi) is 3.83. The Hall–Kier alpha value is -2.86. The molecule has 0 aliphatic heterocycles. The summed E-state index contributed by atoms with van der Waals surface area (Å²) < 4.78 is 0. The molecule has 26 heavy (non-hydrogen) atoms. The lowest BCUT2D eigenvalue weighted by molar-refractivity contribution is 0.754. The first-order valence-electron chi connectivity index (χ1n) is 9.60. The monoisotopic (exact) mass is 334 g/mol. The summed E-state index contributed by atoms with van der Waals surface area (Å²) in [6, 6.07) is 31.1. The zero-order valence-electron chi connectivity index (χ0n) is 14.9. The van der Waals surface area contributed by atoms with Crippen molar-refractivity contribution in [1.29, 1.82) is 0 Å². The van der Waals surface area contributed by atoms with Crippen LogP contribution in [-0.2, 0) is 0 Å². The molecule has 1 aliphatic carbocycles. The predicted molar refractivity (Wildman–Crippen MR) is 113 cm³/mol. The van der Waals surface area contributed by atoms with E-state index in [0.717, 1.165) is 0 Å². The van der Waals surface area contributed by atoms with Gasteiger partial charge >= 0.3 is 0 Å². The highest BCUT2D eigenvalue weighted by Crippen LogP contribution is 2.42. The SMILES string of the molecule is c1ccc2c(C3=C(c4cccc5ccccc45)CCCC3)cccc2c1. The van der Waals surface area contributed by atoms with Crippen molar-refractivity contribution in [2.24, 2.45) is 0 Å². The van der Waals surface area contributed by atoms with Gasteiger partial charge in [0, 0.05) is 0 Å². The van der Waals surface area contributed by atoms with Gasteiger partial charge < -0.3 is 0 Å². The fraction of sp³-hybridized carbons (Fsp3) is 0.154. The molecule has 0 atom stereocenters. The summed E-state index contributed by atoms with van der Waals surface area (Å²) in [5.41, 5.74) is 5.94. The Balaban J connectivity index is 1.81. The van der Waals surface area contributed by atoms with Crippen molar-refractivity contribution in [3.8, 4) is 0 Å². The fourth-order valence-corrected chi connectivity index (χ4v) is 4.48. The molecule has 0 bridgehead atoms. The molecule has 126 valence electrons. The topological polar surface area (TPSA) is 0 Å². The molecule has 0 saturated heterocycles. The normalized spacial score (nSPS) is 14.9. The van der Waals surface area contributed by atoms with Crippen LogP contribution in [0.15, 0.2) is 84.9 Å². The van der Waals surface area contributed by atoms with Gasteiger partial charge in [-0.15, -0.1) is 0 Å². The zero-order chi connectivity index (χ0) is 17.3. The first-order valence-corrected chi connectivity index (χ1v) is 9.60. The summed E-state index contributed by atoms with van der Waals surface area (Å²) >= 11 is 0. The summed E-state index contributed by atoms with van der Waals surface area (Å²) in [4.78, 5) is 0. The molecule has 0 heterocycles. The molecule has 1 aliphatic rings. The first kappa shape index (κ1) is 15.4.